The molecule has 0 atom stereocenters. The summed E-state index contributed by atoms with van der Waals surface area (Å²) in [6.07, 6.45) is 4.01. The SMILES string of the molecule is CCCCOc1nc(N)c2[nH]c(=O)n(Cc3ccc(CN4CCC(c5nnc6n5CCN(C)C6)CC4)cc3OC)c2n1. The molecule has 2 aliphatic rings. The summed E-state index contributed by atoms with van der Waals surface area (Å²) in [4.78, 5) is 29.1. The number of likely N-dealkylation sites (N-methyl/N-ethyl adjacent to an activating group) is 1. The summed E-state index contributed by atoms with van der Waals surface area (Å²) < 4.78 is 15.3. The first-order chi connectivity index (χ1) is 20.4. The molecule has 1 saturated heterocycles. The number of imidazole rings is 1. The van der Waals surface area contributed by atoms with E-state index < -0.39 is 0 Å². The maximum Gasteiger partial charge on any atom is 0.328 e. The molecule has 0 aliphatic carbocycles. The number of nitrogens with two attached hydrogens (primary N) is 1. The van der Waals surface area contributed by atoms with E-state index in [2.05, 4.69) is 65.6 Å². The Hall–Kier alpha value is -3.97. The zero-order valence-corrected chi connectivity index (χ0v) is 24.7. The summed E-state index contributed by atoms with van der Waals surface area (Å²) in [5.74, 6) is 3.60. The Morgan fingerprint density at radius 1 is 1.10 bits per heavy atom. The highest BCUT2D eigenvalue weighted by Gasteiger charge is 2.28. The number of benzene rings is 1. The van der Waals surface area contributed by atoms with Crippen LogP contribution in [0.1, 0.15) is 61.3 Å². The average Bonchev–Trinajstić information content (AvgIpc) is 3.55. The van der Waals surface area contributed by atoms with E-state index in [-0.39, 0.29) is 24.1 Å². The summed E-state index contributed by atoms with van der Waals surface area (Å²) >= 11 is 0. The van der Waals surface area contributed by atoms with Gasteiger partial charge in [0.2, 0.25) is 0 Å². The number of H-pyrrole nitrogens is 1. The fourth-order valence-electron chi connectivity index (χ4n) is 5.95. The Morgan fingerprint density at radius 3 is 2.71 bits per heavy atom. The minimum absolute atomic E-state index is 0.170. The van der Waals surface area contributed by atoms with Crippen LogP contribution in [0.3, 0.4) is 0 Å². The molecule has 224 valence electrons. The van der Waals surface area contributed by atoms with Gasteiger partial charge in [0.15, 0.2) is 11.5 Å². The second kappa shape index (κ2) is 12.1. The number of unbranched alkanes of at least 4 members (excludes halogenated alkanes) is 1. The van der Waals surface area contributed by atoms with Gasteiger partial charge in [0.1, 0.15) is 22.9 Å². The summed E-state index contributed by atoms with van der Waals surface area (Å²) in [7, 11) is 3.79. The lowest BCUT2D eigenvalue weighted by Gasteiger charge is -2.32. The zero-order valence-electron chi connectivity index (χ0n) is 24.7. The predicted molar refractivity (Wildman–Crippen MR) is 159 cm³/mol. The van der Waals surface area contributed by atoms with Gasteiger partial charge >= 0.3 is 11.7 Å². The van der Waals surface area contributed by atoms with E-state index >= 15 is 0 Å². The third-order valence-electron chi connectivity index (χ3n) is 8.37. The highest BCUT2D eigenvalue weighted by atomic mass is 16.5. The van der Waals surface area contributed by atoms with Crippen molar-refractivity contribution in [2.45, 2.75) is 64.7 Å². The molecule has 13 nitrogen and oxygen atoms in total. The van der Waals surface area contributed by atoms with E-state index in [0.717, 1.165) is 87.9 Å². The van der Waals surface area contributed by atoms with Crippen LogP contribution in [0, 0.1) is 0 Å². The molecule has 0 spiro atoms. The van der Waals surface area contributed by atoms with E-state index in [1.165, 1.54) is 5.56 Å². The van der Waals surface area contributed by atoms with E-state index in [9.17, 15) is 4.79 Å². The number of hydrogen-bond acceptors (Lipinski definition) is 10. The van der Waals surface area contributed by atoms with Crippen LogP contribution < -0.4 is 20.9 Å². The maximum absolute atomic E-state index is 12.9. The Kier molecular flexibility index (Phi) is 8.11. The van der Waals surface area contributed by atoms with Gasteiger partial charge in [0.05, 0.1) is 26.8 Å². The molecule has 4 aromatic rings. The standard InChI is InChI=1S/C29H40N10O3/c1-4-5-14-42-28-32-25(30)24-27(33-28)39(29(40)31-24)17-21-7-6-19(15-22(21)41-3)16-37-10-8-20(9-11-37)26-35-34-23-18-36(2)12-13-38(23)26/h6-7,15,20H,4-5,8-14,16-18H2,1-3H3,(H,31,40)(H2,30,32,33). The molecule has 3 aromatic heterocycles. The van der Waals surface area contributed by atoms with Crippen molar-refractivity contribution >= 4 is 17.0 Å². The number of aromatic amines is 1. The van der Waals surface area contributed by atoms with Crippen LogP contribution in [0.25, 0.3) is 11.2 Å². The summed E-state index contributed by atoms with van der Waals surface area (Å²) in [6, 6.07) is 6.37. The Labute approximate surface area is 244 Å². The molecular formula is C29H40N10O3. The van der Waals surface area contributed by atoms with Crippen LogP contribution in [0.4, 0.5) is 5.82 Å². The summed E-state index contributed by atoms with van der Waals surface area (Å²) in [6.45, 7) is 8.57. The largest absolute Gasteiger partial charge is 0.496 e. The minimum Gasteiger partial charge on any atom is -0.496 e. The van der Waals surface area contributed by atoms with E-state index in [1.54, 1.807) is 11.7 Å². The van der Waals surface area contributed by atoms with Crippen molar-refractivity contribution in [2.24, 2.45) is 0 Å². The Balaban J connectivity index is 1.13. The molecule has 0 unspecified atom stereocenters. The summed E-state index contributed by atoms with van der Waals surface area (Å²) in [5, 5.41) is 9.05. The molecule has 1 fully saturated rings. The third-order valence-corrected chi connectivity index (χ3v) is 8.37. The lowest BCUT2D eigenvalue weighted by atomic mass is 9.95. The number of methoxy groups -OCH3 is 1. The monoisotopic (exact) mass is 576 g/mol. The second-order valence-corrected chi connectivity index (χ2v) is 11.4. The number of ether oxygens (including phenoxy) is 2. The molecule has 3 N–H and O–H groups in total. The number of nitrogens with one attached hydrogen (secondary N) is 1. The van der Waals surface area contributed by atoms with E-state index in [0.29, 0.717) is 23.7 Å². The maximum atomic E-state index is 12.9. The smallest absolute Gasteiger partial charge is 0.328 e. The number of rotatable bonds is 10. The van der Waals surface area contributed by atoms with Gasteiger partial charge in [-0.1, -0.05) is 25.5 Å². The second-order valence-electron chi connectivity index (χ2n) is 11.4. The number of piperidine rings is 1. The van der Waals surface area contributed by atoms with Crippen LogP contribution >= 0.6 is 0 Å². The number of nitrogen functional groups attached to an aromatic ring is 1. The van der Waals surface area contributed by atoms with Gasteiger partial charge in [0, 0.05) is 31.1 Å². The van der Waals surface area contributed by atoms with Gasteiger partial charge < -0.3 is 24.8 Å². The van der Waals surface area contributed by atoms with Crippen LogP contribution in [-0.2, 0) is 26.2 Å². The first-order valence-corrected chi connectivity index (χ1v) is 14.8. The van der Waals surface area contributed by atoms with Gasteiger partial charge in [-0.2, -0.15) is 9.97 Å². The fraction of sp³-hybridized carbons (Fsp3) is 0.552. The quantitative estimate of drug-likeness (QED) is 0.270. The van der Waals surface area contributed by atoms with E-state index in [4.69, 9.17) is 15.2 Å². The van der Waals surface area contributed by atoms with Crippen LogP contribution in [-0.4, -0.2) is 84.5 Å². The molecule has 1 aromatic carbocycles. The molecular weight excluding hydrogens is 536 g/mol. The molecule has 0 saturated carbocycles. The van der Waals surface area contributed by atoms with Crippen molar-refractivity contribution < 1.29 is 9.47 Å². The van der Waals surface area contributed by atoms with Crippen molar-refractivity contribution in [1.82, 2.24) is 44.1 Å². The van der Waals surface area contributed by atoms with Crippen LogP contribution in [0.15, 0.2) is 23.0 Å². The number of anilines is 1. The number of nitrogens with zero attached hydrogens (tertiary/aromatic N) is 8. The highest BCUT2D eigenvalue weighted by molar-refractivity contribution is 5.82. The van der Waals surface area contributed by atoms with Gasteiger partial charge in [0.25, 0.3) is 0 Å². The zero-order chi connectivity index (χ0) is 29.2. The van der Waals surface area contributed by atoms with Gasteiger partial charge in [-0.25, -0.2) is 4.79 Å². The average molecular weight is 577 g/mol. The number of likely N-dealkylation sites (tertiary alicyclic amines) is 1. The molecule has 6 rings (SSSR count). The van der Waals surface area contributed by atoms with Gasteiger partial charge in [-0.3, -0.25) is 14.4 Å². The Morgan fingerprint density at radius 2 is 1.93 bits per heavy atom. The Bertz CT molecular complexity index is 1600. The van der Waals surface area contributed by atoms with Crippen LogP contribution in [0.5, 0.6) is 11.8 Å². The first kappa shape index (κ1) is 28.2. The molecule has 5 heterocycles. The van der Waals surface area contributed by atoms with Gasteiger partial charge in [-0.05, 0) is 51.0 Å². The van der Waals surface area contributed by atoms with Gasteiger partial charge in [-0.15, -0.1) is 10.2 Å². The molecule has 0 radical (unpaired) electrons. The number of fused-ring (bicyclic) bond motifs is 2. The van der Waals surface area contributed by atoms with Crippen molar-refractivity contribution in [2.75, 3.05) is 46.1 Å². The molecule has 42 heavy (non-hydrogen) atoms. The molecule has 0 bridgehead atoms. The first-order valence-electron chi connectivity index (χ1n) is 14.8. The fourth-order valence-corrected chi connectivity index (χ4v) is 5.95. The predicted octanol–water partition coefficient (Wildman–Crippen LogP) is 2.35. The molecule has 2 aliphatic heterocycles. The van der Waals surface area contributed by atoms with E-state index in [1.807, 2.05) is 6.07 Å². The normalized spacial score (nSPS) is 16.6. The number of aromatic nitrogens is 7. The number of hydrogen-bond donors (Lipinski definition) is 2. The molecule has 13 heteroatoms. The van der Waals surface area contributed by atoms with Crippen molar-refractivity contribution in [1.29, 1.82) is 0 Å². The molecule has 0 amide bonds. The van der Waals surface area contributed by atoms with Crippen molar-refractivity contribution in [3.05, 3.63) is 51.5 Å². The lowest BCUT2D eigenvalue weighted by molar-refractivity contribution is 0.196. The van der Waals surface area contributed by atoms with Crippen LogP contribution in [0.2, 0.25) is 0 Å². The summed E-state index contributed by atoms with van der Waals surface area (Å²) in [5.41, 5.74) is 8.66. The third kappa shape index (κ3) is 5.71. The lowest BCUT2D eigenvalue weighted by Crippen LogP contribution is -2.35. The highest BCUT2D eigenvalue weighted by Crippen LogP contribution is 2.30. The minimum atomic E-state index is -0.313. The van der Waals surface area contributed by atoms with Crippen molar-refractivity contribution in [3.8, 4) is 11.8 Å². The topological polar surface area (TPSA) is 145 Å². The van der Waals surface area contributed by atoms with Crippen molar-refractivity contribution in [3.63, 3.8) is 0 Å².